The van der Waals surface area contributed by atoms with Crippen LogP contribution in [-0.2, 0) is 0 Å². The van der Waals surface area contributed by atoms with Crippen LogP contribution in [0.15, 0.2) is 0 Å². The van der Waals surface area contributed by atoms with Crippen LogP contribution in [0.4, 0.5) is 0 Å². The van der Waals surface area contributed by atoms with Crippen molar-refractivity contribution in [2.75, 3.05) is 20.1 Å². The maximum absolute atomic E-state index is 9.08. The van der Waals surface area contributed by atoms with Crippen LogP contribution in [0.25, 0.3) is 0 Å². The van der Waals surface area contributed by atoms with Crippen molar-refractivity contribution in [2.24, 2.45) is 5.92 Å². The molecule has 2 heterocycles. The monoisotopic (exact) mass is 179 g/mol. The summed E-state index contributed by atoms with van der Waals surface area (Å²) >= 11 is 0. The minimum atomic E-state index is 0.346. The van der Waals surface area contributed by atoms with E-state index in [4.69, 9.17) is 5.26 Å². The summed E-state index contributed by atoms with van der Waals surface area (Å²) in [7, 11) is 2.35. The van der Waals surface area contributed by atoms with Crippen molar-refractivity contribution >= 4 is 0 Å². The van der Waals surface area contributed by atoms with Gasteiger partial charge in [-0.1, -0.05) is 0 Å². The first-order valence-electron chi connectivity index (χ1n) is 5.50. The molecule has 0 aromatic rings. The topological polar surface area (TPSA) is 23.8 Å². The number of rotatable bonds is 0. The molecule has 13 heavy (non-hydrogen) atoms. The Bertz CT molecular complexity index is 227. The van der Waals surface area contributed by atoms with Crippen LogP contribution in [0.5, 0.6) is 0 Å². The van der Waals surface area contributed by atoms with Crippen LogP contribution in [0.1, 0.15) is 32.1 Å². The number of piperidine rings is 2. The number of quaternary nitrogens is 1. The number of nitriles is 1. The van der Waals surface area contributed by atoms with Gasteiger partial charge in [0.2, 0.25) is 0 Å². The van der Waals surface area contributed by atoms with Gasteiger partial charge in [-0.25, -0.2) is 0 Å². The van der Waals surface area contributed by atoms with Gasteiger partial charge in [0.1, 0.15) is 6.04 Å². The molecule has 72 valence electrons. The van der Waals surface area contributed by atoms with Gasteiger partial charge >= 0.3 is 0 Å². The van der Waals surface area contributed by atoms with Crippen LogP contribution in [0.3, 0.4) is 0 Å². The molecule has 2 heteroatoms. The zero-order valence-electron chi connectivity index (χ0n) is 8.50. The average molecular weight is 179 g/mol. The van der Waals surface area contributed by atoms with Crippen molar-refractivity contribution in [1.82, 2.24) is 0 Å². The van der Waals surface area contributed by atoms with E-state index in [1.165, 1.54) is 43.3 Å². The molecule has 2 rings (SSSR count). The second kappa shape index (κ2) is 3.31. The largest absolute Gasteiger partial charge is 0.323 e. The summed E-state index contributed by atoms with van der Waals surface area (Å²) in [6.45, 7) is 2.62. The molecule has 0 unspecified atom stereocenters. The Labute approximate surface area is 80.7 Å². The highest BCUT2D eigenvalue weighted by Crippen LogP contribution is 2.35. The Hall–Kier alpha value is -0.550. The SMILES string of the molecule is C[N@@+]12CCCC[C@@H]1[C@H](C#N)CCC2. The van der Waals surface area contributed by atoms with Crippen molar-refractivity contribution in [3.05, 3.63) is 0 Å². The number of hydrogen-bond acceptors (Lipinski definition) is 1. The maximum atomic E-state index is 9.08. The first-order chi connectivity index (χ1) is 6.26. The molecule has 0 N–H and O–H groups in total. The smallest absolute Gasteiger partial charge is 0.105 e. The molecule has 3 atom stereocenters. The molecule has 0 bridgehead atoms. The molecule has 2 saturated heterocycles. The van der Waals surface area contributed by atoms with E-state index in [1.807, 2.05) is 0 Å². The van der Waals surface area contributed by atoms with Crippen molar-refractivity contribution in [3.63, 3.8) is 0 Å². The van der Waals surface area contributed by atoms with Gasteiger partial charge in [-0.3, -0.25) is 0 Å². The van der Waals surface area contributed by atoms with E-state index in [1.54, 1.807) is 0 Å². The number of nitrogens with zero attached hydrogens (tertiary/aromatic N) is 2. The summed E-state index contributed by atoms with van der Waals surface area (Å²) in [6.07, 6.45) is 6.40. The van der Waals surface area contributed by atoms with E-state index >= 15 is 0 Å². The van der Waals surface area contributed by atoms with Crippen LogP contribution in [0.2, 0.25) is 0 Å². The summed E-state index contributed by atoms with van der Waals surface area (Å²) in [4.78, 5) is 0. The molecular formula is C11H19N2+. The highest BCUT2D eigenvalue weighted by atomic mass is 15.4. The molecule has 0 aromatic heterocycles. The van der Waals surface area contributed by atoms with Gasteiger partial charge in [0, 0.05) is 6.42 Å². The van der Waals surface area contributed by atoms with Crippen molar-refractivity contribution in [3.8, 4) is 6.07 Å². The predicted molar refractivity (Wildman–Crippen MR) is 51.9 cm³/mol. The average Bonchev–Trinajstić information content (AvgIpc) is 2.15. The van der Waals surface area contributed by atoms with E-state index in [2.05, 4.69) is 13.1 Å². The third-order valence-electron chi connectivity index (χ3n) is 4.03. The third kappa shape index (κ3) is 1.46. The lowest BCUT2D eigenvalue weighted by Gasteiger charge is -2.49. The maximum Gasteiger partial charge on any atom is 0.105 e. The lowest BCUT2D eigenvalue weighted by atomic mass is 9.82. The molecule has 0 spiro atoms. The van der Waals surface area contributed by atoms with Gasteiger partial charge in [0.25, 0.3) is 0 Å². The summed E-state index contributed by atoms with van der Waals surface area (Å²) in [5, 5.41) is 9.08. The fourth-order valence-corrected chi connectivity index (χ4v) is 3.23. The summed E-state index contributed by atoms with van der Waals surface area (Å²) < 4.78 is 1.19. The van der Waals surface area contributed by atoms with E-state index in [0.717, 1.165) is 6.42 Å². The third-order valence-corrected chi connectivity index (χ3v) is 4.03. The molecule has 0 aliphatic carbocycles. The predicted octanol–water partition coefficient (Wildman–Crippen LogP) is 1.92. The van der Waals surface area contributed by atoms with Crippen molar-refractivity contribution in [1.29, 1.82) is 5.26 Å². The molecule has 0 saturated carbocycles. The number of fused-ring (bicyclic) bond motifs is 1. The zero-order chi connectivity index (χ0) is 9.31. The van der Waals surface area contributed by atoms with Gasteiger partial charge in [0.05, 0.1) is 32.1 Å². The van der Waals surface area contributed by atoms with Crippen LogP contribution < -0.4 is 0 Å². The second-order valence-electron chi connectivity index (χ2n) is 4.87. The van der Waals surface area contributed by atoms with Gasteiger partial charge in [0.15, 0.2) is 0 Å². The highest BCUT2D eigenvalue weighted by molar-refractivity contribution is 4.92. The van der Waals surface area contributed by atoms with Crippen LogP contribution in [-0.4, -0.2) is 30.7 Å². The molecule has 2 nitrogen and oxygen atoms in total. The molecular weight excluding hydrogens is 160 g/mol. The molecule has 2 fully saturated rings. The van der Waals surface area contributed by atoms with E-state index in [-0.39, 0.29) is 0 Å². The molecule has 2 aliphatic heterocycles. The Balaban J connectivity index is 2.17. The molecule has 0 radical (unpaired) electrons. The van der Waals surface area contributed by atoms with Crippen molar-refractivity contribution in [2.45, 2.75) is 38.1 Å². The normalized spacial score (nSPS) is 44.9. The highest BCUT2D eigenvalue weighted by Gasteiger charge is 2.43. The Morgan fingerprint density at radius 3 is 2.69 bits per heavy atom. The molecule has 2 aliphatic rings. The van der Waals surface area contributed by atoms with Gasteiger partial charge < -0.3 is 4.48 Å². The first-order valence-corrected chi connectivity index (χ1v) is 5.50. The zero-order valence-corrected chi connectivity index (χ0v) is 8.50. The lowest BCUT2D eigenvalue weighted by molar-refractivity contribution is -0.945. The summed E-state index contributed by atoms with van der Waals surface area (Å²) in [6, 6.07) is 3.17. The Kier molecular flexibility index (Phi) is 2.29. The first kappa shape index (κ1) is 9.02. The standard InChI is InChI=1S/C11H19N2/c1-13-7-3-2-6-11(13)10(9-12)5-4-8-13/h10-11H,2-8H2,1H3/q+1/t10-,11+,13-/m0/s1. The quantitative estimate of drug-likeness (QED) is 0.521. The summed E-state index contributed by atoms with van der Waals surface area (Å²) in [5.74, 6) is 0.346. The van der Waals surface area contributed by atoms with Crippen LogP contribution >= 0.6 is 0 Å². The van der Waals surface area contributed by atoms with Crippen LogP contribution in [0, 0.1) is 17.2 Å². The fraction of sp³-hybridized carbons (Fsp3) is 0.909. The Morgan fingerprint density at radius 2 is 1.92 bits per heavy atom. The van der Waals surface area contributed by atoms with Gasteiger partial charge in [-0.2, -0.15) is 5.26 Å². The van der Waals surface area contributed by atoms with E-state index < -0.39 is 0 Å². The minimum Gasteiger partial charge on any atom is -0.323 e. The fourth-order valence-electron chi connectivity index (χ4n) is 3.23. The minimum absolute atomic E-state index is 0.346. The van der Waals surface area contributed by atoms with E-state index in [9.17, 15) is 0 Å². The lowest BCUT2D eigenvalue weighted by Crippen LogP contribution is -2.60. The van der Waals surface area contributed by atoms with Gasteiger partial charge in [-0.05, 0) is 25.7 Å². The molecule has 0 amide bonds. The van der Waals surface area contributed by atoms with Gasteiger partial charge in [-0.15, -0.1) is 0 Å². The molecule has 0 aromatic carbocycles. The van der Waals surface area contributed by atoms with E-state index in [0.29, 0.717) is 12.0 Å². The van der Waals surface area contributed by atoms with Crippen molar-refractivity contribution < 1.29 is 4.48 Å². The summed E-state index contributed by atoms with van der Waals surface area (Å²) in [5.41, 5.74) is 0. The Morgan fingerprint density at radius 1 is 1.15 bits per heavy atom. The number of hydrogen-bond donors (Lipinski definition) is 0. The second-order valence-corrected chi connectivity index (χ2v) is 4.87.